The molecule has 0 bridgehead atoms. The summed E-state index contributed by atoms with van der Waals surface area (Å²) in [6.07, 6.45) is 0. The number of imide groups is 1. The predicted octanol–water partition coefficient (Wildman–Crippen LogP) is 2.98. The Balaban J connectivity index is 1.70. The van der Waals surface area contributed by atoms with Gasteiger partial charge in [-0.05, 0) is 62.9 Å². The smallest absolute Gasteiger partial charge is 0.282 e. The number of methoxy groups -OCH3 is 1. The Bertz CT molecular complexity index is 1480. The molecular formula is C27H28ClN5O4. The fourth-order valence-electron chi connectivity index (χ4n) is 4.87. The maximum atomic E-state index is 14.1. The van der Waals surface area contributed by atoms with Gasteiger partial charge in [-0.1, -0.05) is 17.7 Å². The summed E-state index contributed by atoms with van der Waals surface area (Å²) in [7, 11) is 3.51. The summed E-state index contributed by atoms with van der Waals surface area (Å²) in [5.41, 5.74) is 2.38. The van der Waals surface area contributed by atoms with Gasteiger partial charge in [-0.3, -0.25) is 19.5 Å². The minimum absolute atomic E-state index is 0.101. The van der Waals surface area contributed by atoms with Crippen LogP contribution in [0, 0.1) is 13.8 Å². The number of hydrogen-bond donors (Lipinski definition) is 1. The molecule has 2 aliphatic rings. The number of rotatable bonds is 5. The molecule has 1 N–H and O–H groups in total. The van der Waals surface area contributed by atoms with Gasteiger partial charge in [-0.15, -0.1) is 0 Å². The van der Waals surface area contributed by atoms with E-state index in [1.807, 2.05) is 24.9 Å². The number of H-pyrrole nitrogens is 1. The number of benzene rings is 2. The molecule has 5 rings (SSSR count). The molecule has 0 saturated carbocycles. The Hall–Kier alpha value is -3.82. The third-order valence-electron chi connectivity index (χ3n) is 6.86. The van der Waals surface area contributed by atoms with Crippen LogP contribution in [0.25, 0.3) is 11.3 Å². The van der Waals surface area contributed by atoms with Crippen molar-refractivity contribution < 1.29 is 14.3 Å². The van der Waals surface area contributed by atoms with E-state index < -0.39 is 17.4 Å². The van der Waals surface area contributed by atoms with E-state index in [1.54, 1.807) is 43.3 Å². The largest absolute Gasteiger partial charge is 0.495 e. The first kappa shape index (κ1) is 24.9. The lowest BCUT2D eigenvalue weighted by Crippen LogP contribution is -2.46. The molecule has 0 spiro atoms. The van der Waals surface area contributed by atoms with Crippen LogP contribution in [0.2, 0.25) is 5.02 Å². The Morgan fingerprint density at radius 1 is 0.919 bits per heavy atom. The zero-order valence-corrected chi connectivity index (χ0v) is 21.9. The summed E-state index contributed by atoms with van der Waals surface area (Å²) < 4.78 is 6.86. The van der Waals surface area contributed by atoms with Gasteiger partial charge in [-0.2, -0.15) is 0 Å². The number of anilines is 1. The number of amides is 2. The van der Waals surface area contributed by atoms with Crippen molar-refractivity contribution in [2.75, 3.05) is 45.2 Å². The minimum Gasteiger partial charge on any atom is -0.495 e. The number of nitrogens with zero attached hydrogens (tertiary/aromatic N) is 4. The Kier molecular flexibility index (Phi) is 6.43. The zero-order valence-electron chi connectivity index (χ0n) is 21.2. The molecule has 0 aliphatic carbocycles. The van der Waals surface area contributed by atoms with Gasteiger partial charge in [-0.25, -0.2) is 9.58 Å². The molecule has 3 heterocycles. The van der Waals surface area contributed by atoms with Crippen LogP contribution in [0.3, 0.4) is 0 Å². The molecule has 1 saturated heterocycles. The van der Waals surface area contributed by atoms with E-state index >= 15 is 0 Å². The molecule has 2 amide bonds. The van der Waals surface area contributed by atoms with Crippen LogP contribution >= 0.6 is 11.6 Å². The Morgan fingerprint density at radius 3 is 2.24 bits per heavy atom. The molecule has 37 heavy (non-hydrogen) atoms. The molecule has 0 atom stereocenters. The van der Waals surface area contributed by atoms with Gasteiger partial charge in [0.15, 0.2) is 0 Å². The molecule has 0 unspecified atom stereocenters. The summed E-state index contributed by atoms with van der Waals surface area (Å²) >= 11 is 6.03. The minimum atomic E-state index is -0.551. The summed E-state index contributed by atoms with van der Waals surface area (Å²) in [5, 5.41) is 3.61. The number of likely N-dealkylation sites (N-methyl/N-ethyl adjacent to an activating group) is 1. The van der Waals surface area contributed by atoms with Gasteiger partial charge in [0.1, 0.15) is 11.4 Å². The van der Waals surface area contributed by atoms with Crippen LogP contribution in [-0.2, 0) is 9.59 Å². The molecule has 10 heteroatoms. The summed E-state index contributed by atoms with van der Waals surface area (Å²) in [4.78, 5) is 47.0. The lowest BCUT2D eigenvalue weighted by Gasteiger charge is -2.34. The molecule has 1 aromatic heterocycles. The second-order valence-corrected chi connectivity index (χ2v) is 9.80. The van der Waals surface area contributed by atoms with Crippen molar-refractivity contribution in [1.82, 2.24) is 19.6 Å². The third-order valence-corrected chi connectivity index (χ3v) is 7.11. The average molecular weight is 522 g/mol. The zero-order chi connectivity index (χ0) is 26.4. The van der Waals surface area contributed by atoms with E-state index in [2.05, 4.69) is 10.00 Å². The highest BCUT2D eigenvalue weighted by molar-refractivity contribution is 6.45. The van der Waals surface area contributed by atoms with Crippen LogP contribution in [-0.4, -0.2) is 71.7 Å². The van der Waals surface area contributed by atoms with Crippen LogP contribution in [0.4, 0.5) is 5.69 Å². The second kappa shape index (κ2) is 9.57. The first-order valence-electron chi connectivity index (χ1n) is 12.0. The number of piperazine rings is 1. The molecule has 3 aromatic rings. The van der Waals surface area contributed by atoms with Crippen molar-refractivity contribution in [2.24, 2.45) is 0 Å². The lowest BCUT2D eigenvalue weighted by atomic mass is 10.0. The summed E-state index contributed by atoms with van der Waals surface area (Å²) in [6.45, 7) is 6.18. The van der Waals surface area contributed by atoms with E-state index in [0.717, 1.165) is 23.6 Å². The number of halogens is 1. The third kappa shape index (κ3) is 4.24. The highest BCUT2D eigenvalue weighted by Crippen LogP contribution is 2.39. The summed E-state index contributed by atoms with van der Waals surface area (Å²) in [5.74, 6) is -0.618. The first-order valence-corrected chi connectivity index (χ1v) is 12.4. The number of carbonyl (C=O) groups is 2. The van der Waals surface area contributed by atoms with E-state index in [0.29, 0.717) is 40.9 Å². The number of aromatic nitrogens is 2. The fraction of sp³-hybridized carbons (Fsp3) is 0.296. The fourth-order valence-corrected chi connectivity index (χ4v) is 5.00. The highest BCUT2D eigenvalue weighted by Gasteiger charge is 2.45. The number of hydrogen-bond acceptors (Lipinski definition) is 6. The predicted molar refractivity (Wildman–Crippen MR) is 142 cm³/mol. The quantitative estimate of drug-likeness (QED) is 0.519. The monoisotopic (exact) mass is 521 g/mol. The molecule has 192 valence electrons. The standard InChI is InChI=1S/C27H28ClN5O4/c1-16-5-10-21(37-4)20(15-16)32-25(34)23(24(27(32)36)31-13-11-30(3)12-14-31)22-17(2)29-33(26(22)35)19-8-6-18(28)7-9-19/h5-10,15,29H,11-14H2,1-4H3. The van der Waals surface area contributed by atoms with E-state index in [1.165, 1.54) is 11.8 Å². The number of aromatic amines is 1. The number of ether oxygens (including phenoxy) is 1. The van der Waals surface area contributed by atoms with Gasteiger partial charge < -0.3 is 14.5 Å². The van der Waals surface area contributed by atoms with Crippen molar-refractivity contribution >= 4 is 34.7 Å². The van der Waals surface area contributed by atoms with Gasteiger partial charge in [0.05, 0.1) is 29.6 Å². The van der Waals surface area contributed by atoms with Crippen LogP contribution < -0.4 is 15.2 Å². The van der Waals surface area contributed by atoms with Crippen LogP contribution in [0.1, 0.15) is 16.8 Å². The molecule has 2 aliphatic heterocycles. The van der Waals surface area contributed by atoms with Gasteiger partial charge >= 0.3 is 0 Å². The molecule has 2 aromatic carbocycles. The highest BCUT2D eigenvalue weighted by atomic mass is 35.5. The maximum absolute atomic E-state index is 14.1. The van der Waals surface area contributed by atoms with Crippen molar-refractivity contribution in [3.63, 3.8) is 0 Å². The molecule has 0 radical (unpaired) electrons. The van der Waals surface area contributed by atoms with E-state index in [-0.39, 0.29) is 16.8 Å². The van der Waals surface area contributed by atoms with Gasteiger partial charge in [0, 0.05) is 36.9 Å². The average Bonchev–Trinajstić information content (AvgIpc) is 3.30. The maximum Gasteiger partial charge on any atom is 0.282 e. The van der Waals surface area contributed by atoms with Crippen molar-refractivity contribution in [1.29, 1.82) is 0 Å². The lowest BCUT2D eigenvalue weighted by molar-refractivity contribution is -0.120. The molecular weight excluding hydrogens is 494 g/mol. The van der Waals surface area contributed by atoms with Crippen LogP contribution in [0.15, 0.2) is 53.0 Å². The second-order valence-electron chi connectivity index (χ2n) is 9.36. The Morgan fingerprint density at radius 2 is 1.59 bits per heavy atom. The Labute approximate surface area is 219 Å². The number of aryl methyl sites for hydroxylation is 2. The van der Waals surface area contributed by atoms with Crippen LogP contribution in [0.5, 0.6) is 5.75 Å². The van der Waals surface area contributed by atoms with Crippen molar-refractivity contribution in [2.45, 2.75) is 13.8 Å². The number of carbonyl (C=O) groups excluding carboxylic acids is 2. The van der Waals surface area contributed by atoms with Crippen molar-refractivity contribution in [3.05, 3.63) is 80.4 Å². The van der Waals surface area contributed by atoms with Crippen molar-refractivity contribution in [3.8, 4) is 11.4 Å². The number of nitrogens with one attached hydrogen (secondary N) is 1. The SMILES string of the molecule is COc1ccc(C)cc1N1C(=O)C(c2c(C)[nH]n(-c3ccc(Cl)cc3)c2=O)=C(N2CCN(C)CC2)C1=O. The summed E-state index contributed by atoms with van der Waals surface area (Å²) in [6, 6.07) is 12.1. The normalized spacial score (nSPS) is 16.8. The van der Waals surface area contributed by atoms with Gasteiger partial charge in [0.2, 0.25) is 0 Å². The van der Waals surface area contributed by atoms with E-state index in [9.17, 15) is 14.4 Å². The first-order chi connectivity index (χ1) is 17.7. The van der Waals surface area contributed by atoms with E-state index in [4.69, 9.17) is 16.3 Å². The van der Waals surface area contributed by atoms with Gasteiger partial charge in [0.25, 0.3) is 17.4 Å². The topological polar surface area (TPSA) is 90.9 Å². The molecule has 9 nitrogen and oxygen atoms in total. The molecule has 1 fully saturated rings.